The average Bonchev–Trinajstić information content (AvgIpc) is 2.28. The van der Waals surface area contributed by atoms with E-state index in [0.717, 1.165) is 0 Å². The summed E-state index contributed by atoms with van der Waals surface area (Å²) in [5, 5.41) is 0. The standard InChI is InChI=1S/C11H15F2N3O/c1-17-9-5-10(15-6-8(9)14)16-4-2-3-11(12,13)7-16/h5-6H,2-4,7,14H2,1H3. The maximum atomic E-state index is 13.3. The van der Waals surface area contributed by atoms with Gasteiger partial charge in [0, 0.05) is 19.0 Å². The van der Waals surface area contributed by atoms with Crippen LogP contribution in [0.15, 0.2) is 12.3 Å². The molecule has 0 amide bonds. The predicted octanol–water partition coefficient (Wildman–Crippen LogP) is 1.91. The zero-order valence-corrected chi connectivity index (χ0v) is 9.62. The minimum atomic E-state index is -2.64. The summed E-state index contributed by atoms with van der Waals surface area (Å²) in [5.74, 6) is -1.70. The Balaban J connectivity index is 2.22. The summed E-state index contributed by atoms with van der Waals surface area (Å²) in [6, 6.07) is 1.59. The Morgan fingerprint density at radius 2 is 2.29 bits per heavy atom. The van der Waals surface area contributed by atoms with Crippen LogP contribution in [-0.2, 0) is 0 Å². The summed E-state index contributed by atoms with van der Waals surface area (Å²) >= 11 is 0. The molecule has 0 bridgehead atoms. The van der Waals surface area contributed by atoms with Crippen LogP contribution in [0.3, 0.4) is 0 Å². The fraction of sp³-hybridized carbons (Fsp3) is 0.545. The van der Waals surface area contributed by atoms with E-state index in [1.807, 2.05) is 0 Å². The van der Waals surface area contributed by atoms with Crippen molar-refractivity contribution >= 4 is 11.5 Å². The molecule has 0 spiro atoms. The quantitative estimate of drug-likeness (QED) is 0.862. The smallest absolute Gasteiger partial charge is 0.265 e. The minimum absolute atomic E-state index is 0.0599. The highest BCUT2D eigenvalue weighted by Gasteiger charge is 2.35. The van der Waals surface area contributed by atoms with Gasteiger partial charge in [-0.1, -0.05) is 0 Å². The van der Waals surface area contributed by atoms with Gasteiger partial charge in [-0.25, -0.2) is 13.8 Å². The van der Waals surface area contributed by atoms with E-state index in [4.69, 9.17) is 10.5 Å². The molecule has 0 saturated carbocycles. The predicted molar refractivity (Wildman–Crippen MR) is 61.6 cm³/mol. The molecular formula is C11H15F2N3O. The topological polar surface area (TPSA) is 51.4 Å². The monoisotopic (exact) mass is 243 g/mol. The summed E-state index contributed by atoms with van der Waals surface area (Å²) in [6.07, 6.45) is 1.83. The lowest BCUT2D eigenvalue weighted by molar-refractivity contribution is -0.0118. The highest BCUT2D eigenvalue weighted by Crippen LogP contribution is 2.31. The van der Waals surface area contributed by atoms with Gasteiger partial charge in [0.1, 0.15) is 11.6 Å². The van der Waals surface area contributed by atoms with Crippen LogP contribution in [-0.4, -0.2) is 31.1 Å². The van der Waals surface area contributed by atoms with Gasteiger partial charge >= 0.3 is 0 Å². The van der Waals surface area contributed by atoms with E-state index in [1.165, 1.54) is 13.3 Å². The van der Waals surface area contributed by atoms with Crippen molar-refractivity contribution in [2.45, 2.75) is 18.8 Å². The first-order chi connectivity index (χ1) is 8.02. The molecule has 1 saturated heterocycles. The van der Waals surface area contributed by atoms with E-state index in [-0.39, 0.29) is 13.0 Å². The van der Waals surface area contributed by atoms with Crippen LogP contribution in [0.25, 0.3) is 0 Å². The molecular weight excluding hydrogens is 228 g/mol. The molecule has 6 heteroatoms. The number of hydrogen-bond acceptors (Lipinski definition) is 4. The van der Waals surface area contributed by atoms with Crippen molar-refractivity contribution in [1.82, 2.24) is 4.98 Å². The molecule has 1 fully saturated rings. The van der Waals surface area contributed by atoms with Gasteiger partial charge in [-0.3, -0.25) is 0 Å². The average molecular weight is 243 g/mol. The van der Waals surface area contributed by atoms with Crippen molar-refractivity contribution in [3.05, 3.63) is 12.3 Å². The van der Waals surface area contributed by atoms with Gasteiger partial charge in [0.25, 0.3) is 5.92 Å². The number of methoxy groups -OCH3 is 1. The first-order valence-electron chi connectivity index (χ1n) is 5.44. The van der Waals surface area contributed by atoms with Crippen LogP contribution < -0.4 is 15.4 Å². The van der Waals surface area contributed by atoms with E-state index in [9.17, 15) is 8.78 Å². The minimum Gasteiger partial charge on any atom is -0.494 e. The second-order valence-electron chi connectivity index (χ2n) is 4.17. The second-order valence-corrected chi connectivity index (χ2v) is 4.17. The fourth-order valence-electron chi connectivity index (χ4n) is 1.95. The van der Waals surface area contributed by atoms with Crippen molar-refractivity contribution in [1.29, 1.82) is 0 Å². The molecule has 0 atom stereocenters. The third-order valence-corrected chi connectivity index (χ3v) is 2.82. The molecule has 1 aliphatic rings. The molecule has 1 aliphatic heterocycles. The molecule has 2 heterocycles. The van der Waals surface area contributed by atoms with Gasteiger partial charge in [0.15, 0.2) is 0 Å². The number of nitrogen functional groups attached to an aromatic ring is 1. The lowest BCUT2D eigenvalue weighted by Gasteiger charge is -2.33. The number of aromatic nitrogens is 1. The largest absolute Gasteiger partial charge is 0.494 e. The van der Waals surface area contributed by atoms with Crippen LogP contribution in [0.1, 0.15) is 12.8 Å². The van der Waals surface area contributed by atoms with Crippen LogP contribution in [0.4, 0.5) is 20.3 Å². The number of pyridine rings is 1. The Morgan fingerprint density at radius 1 is 1.53 bits per heavy atom. The van der Waals surface area contributed by atoms with Gasteiger partial charge in [-0.05, 0) is 6.42 Å². The van der Waals surface area contributed by atoms with Crippen molar-refractivity contribution in [2.24, 2.45) is 0 Å². The number of anilines is 2. The van der Waals surface area contributed by atoms with E-state index >= 15 is 0 Å². The Labute approximate surface area is 98.4 Å². The number of ether oxygens (including phenoxy) is 1. The molecule has 0 unspecified atom stereocenters. The number of halogens is 2. The summed E-state index contributed by atoms with van der Waals surface area (Å²) in [4.78, 5) is 5.62. The Kier molecular flexibility index (Phi) is 3.04. The highest BCUT2D eigenvalue weighted by atomic mass is 19.3. The fourth-order valence-corrected chi connectivity index (χ4v) is 1.95. The number of nitrogens with two attached hydrogens (primary N) is 1. The normalized spacial score (nSPS) is 19.1. The molecule has 2 rings (SSSR count). The summed E-state index contributed by atoms with van der Waals surface area (Å²) in [7, 11) is 1.49. The van der Waals surface area contributed by atoms with Crippen molar-refractivity contribution in [3.63, 3.8) is 0 Å². The van der Waals surface area contributed by atoms with E-state index in [2.05, 4.69) is 4.98 Å². The van der Waals surface area contributed by atoms with Crippen LogP contribution in [0.5, 0.6) is 5.75 Å². The third kappa shape index (κ3) is 2.57. The van der Waals surface area contributed by atoms with E-state index < -0.39 is 5.92 Å². The lowest BCUT2D eigenvalue weighted by Crippen LogP contribution is -2.43. The number of nitrogens with zero attached hydrogens (tertiary/aromatic N) is 2. The highest BCUT2D eigenvalue weighted by molar-refractivity contribution is 5.57. The molecule has 1 aromatic heterocycles. The van der Waals surface area contributed by atoms with Gasteiger partial charge in [-0.2, -0.15) is 0 Å². The van der Waals surface area contributed by atoms with Crippen molar-refractivity contribution < 1.29 is 13.5 Å². The molecule has 0 aromatic carbocycles. The Bertz CT molecular complexity index is 412. The molecule has 17 heavy (non-hydrogen) atoms. The van der Waals surface area contributed by atoms with Crippen LogP contribution >= 0.6 is 0 Å². The van der Waals surface area contributed by atoms with Gasteiger partial charge < -0.3 is 15.4 Å². The summed E-state index contributed by atoms with van der Waals surface area (Å²) in [6.45, 7) is 0.280. The zero-order valence-electron chi connectivity index (χ0n) is 9.62. The molecule has 2 N–H and O–H groups in total. The number of piperidine rings is 1. The number of hydrogen-bond donors (Lipinski definition) is 1. The molecule has 1 aromatic rings. The summed E-state index contributed by atoms with van der Waals surface area (Å²) < 4.78 is 31.6. The molecule has 0 aliphatic carbocycles. The zero-order chi connectivity index (χ0) is 12.5. The van der Waals surface area contributed by atoms with Crippen LogP contribution in [0, 0.1) is 0 Å². The van der Waals surface area contributed by atoms with Crippen molar-refractivity contribution in [3.8, 4) is 5.75 Å². The first kappa shape index (κ1) is 11.9. The maximum Gasteiger partial charge on any atom is 0.265 e. The summed E-state index contributed by atoms with van der Waals surface area (Å²) in [5.41, 5.74) is 6.03. The Hall–Kier alpha value is -1.59. The molecule has 94 valence electrons. The third-order valence-electron chi connectivity index (χ3n) is 2.82. The number of rotatable bonds is 2. The lowest BCUT2D eigenvalue weighted by atomic mass is 10.1. The Morgan fingerprint density at radius 3 is 2.94 bits per heavy atom. The number of alkyl halides is 2. The first-order valence-corrected chi connectivity index (χ1v) is 5.44. The second kappa shape index (κ2) is 4.35. The van der Waals surface area contributed by atoms with Crippen molar-refractivity contribution in [2.75, 3.05) is 30.8 Å². The van der Waals surface area contributed by atoms with Crippen LogP contribution in [0.2, 0.25) is 0 Å². The molecule has 4 nitrogen and oxygen atoms in total. The van der Waals surface area contributed by atoms with Gasteiger partial charge in [0.05, 0.1) is 25.5 Å². The van der Waals surface area contributed by atoms with Gasteiger partial charge in [-0.15, -0.1) is 0 Å². The van der Waals surface area contributed by atoms with E-state index in [0.29, 0.717) is 30.2 Å². The molecule has 0 radical (unpaired) electrons. The van der Waals surface area contributed by atoms with E-state index in [1.54, 1.807) is 11.0 Å². The van der Waals surface area contributed by atoms with Gasteiger partial charge in [0.2, 0.25) is 0 Å². The maximum absolute atomic E-state index is 13.3. The SMILES string of the molecule is COc1cc(N2CCCC(F)(F)C2)ncc1N.